The van der Waals surface area contributed by atoms with Crippen molar-refractivity contribution in [1.82, 2.24) is 10.0 Å². The first-order chi connectivity index (χ1) is 11.0. The summed E-state index contributed by atoms with van der Waals surface area (Å²) in [6.07, 6.45) is 0.788. The molecule has 4 N–H and O–H groups in total. The van der Waals surface area contributed by atoms with Crippen molar-refractivity contribution in [3.8, 4) is 11.5 Å². The molecule has 8 nitrogen and oxygen atoms in total. The molecule has 0 atom stereocenters. The van der Waals surface area contributed by atoms with Crippen molar-refractivity contribution in [3.05, 3.63) is 18.2 Å². The highest BCUT2D eigenvalue weighted by Gasteiger charge is 2.18. The molecule has 0 saturated heterocycles. The lowest BCUT2D eigenvalue weighted by Crippen LogP contribution is -2.33. The van der Waals surface area contributed by atoms with E-state index in [9.17, 15) is 13.2 Å². The molecule has 1 amide bonds. The Morgan fingerprint density at radius 2 is 1.88 bits per heavy atom. The van der Waals surface area contributed by atoms with Crippen LogP contribution in [-0.4, -0.2) is 47.2 Å². The van der Waals surface area contributed by atoms with E-state index in [1.165, 1.54) is 12.1 Å². The van der Waals surface area contributed by atoms with Gasteiger partial charge in [-0.3, -0.25) is 4.79 Å². The fourth-order valence-corrected chi connectivity index (χ4v) is 3.04. The number of hydrogen-bond acceptors (Lipinski definition) is 6. The Bertz CT molecular complexity index is 654. The number of benzene rings is 1. The third kappa shape index (κ3) is 5.82. The van der Waals surface area contributed by atoms with Crippen molar-refractivity contribution in [2.24, 2.45) is 5.73 Å². The van der Waals surface area contributed by atoms with Gasteiger partial charge in [0.2, 0.25) is 15.9 Å². The van der Waals surface area contributed by atoms with E-state index in [0.717, 1.165) is 6.42 Å². The van der Waals surface area contributed by atoms with Crippen LogP contribution in [0.25, 0.3) is 0 Å². The molecule has 0 spiro atoms. The lowest BCUT2D eigenvalue weighted by atomic mass is 10.3. The van der Waals surface area contributed by atoms with Crippen LogP contribution in [0.4, 0.5) is 0 Å². The zero-order valence-electron chi connectivity index (χ0n) is 13.1. The summed E-state index contributed by atoms with van der Waals surface area (Å²) >= 11 is 0. The SMILES string of the molecule is Cl.NCCNC(=O)CCNS(=O)(=O)c1ccc2c(c1)OCCCO2. The Labute approximate surface area is 147 Å². The zero-order chi connectivity index (χ0) is 16.7. The summed E-state index contributed by atoms with van der Waals surface area (Å²) in [7, 11) is -3.71. The van der Waals surface area contributed by atoms with Gasteiger partial charge in [0.1, 0.15) is 0 Å². The van der Waals surface area contributed by atoms with E-state index < -0.39 is 10.0 Å². The standard InChI is InChI=1S/C14H21N3O5S.ClH/c15-5-7-16-14(18)4-6-17-23(19,20)11-2-3-12-13(10-11)22-9-1-8-21-12;/h2-3,10,17H,1,4-9,15H2,(H,16,18);1H. The van der Waals surface area contributed by atoms with Crippen LogP contribution in [0.2, 0.25) is 0 Å². The smallest absolute Gasteiger partial charge is 0.240 e. The van der Waals surface area contributed by atoms with E-state index in [0.29, 0.717) is 37.8 Å². The highest BCUT2D eigenvalue weighted by Crippen LogP contribution is 2.31. The van der Waals surface area contributed by atoms with Gasteiger partial charge in [0.25, 0.3) is 0 Å². The van der Waals surface area contributed by atoms with Crippen molar-refractivity contribution >= 4 is 28.3 Å². The number of carbonyl (C=O) groups is 1. The maximum absolute atomic E-state index is 12.2. The van der Waals surface area contributed by atoms with Gasteiger partial charge in [0, 0.05) is 38.5 Å². The predicted octanol–water partition coefficient (Wildman–Crippen LogP) is 0.0130. The largest absolute Gasteiger partial charge is 0.490 e. The van der Waals surface area contributed by atoms with Gasteiger partial charge >= 0.3 is 0 Å². The summed E-state index contributed by atoms with van der Waals surface area (Å²) in [6.45, 7) is 1.73. The molecule has 0 fully saturated rings. The zero-order valence-corrected chi connectivity index (χ0v) is 14.7. The second kappa shape index (κ2) is 9.67. The fraction of sp³-hybridized carbons (Fsp3) is 0.500. The summed E-state index contributed by atoms with van der Waals surface area (Å²) in [5.41, 5.74) is 5.27. The topological polar surface area (TPSA) is 120 Å². The van der Waals surface area contributed by atoms with Gasteiger partial charge in [-0.25, -0.2) is 13.1 Å². The molecular weight excluding hydrogens is 358 g/mol. The van der Waals surface area contributed by atoms with Crippen LogP contribution in [0.15, 0.2) is 23.1 Å². The van der Waals surface area contributed by atoms with Crippen molar-refractivity contribution in [2.75, 3.05) is 32.8 Å². The van der Waals surface area contributed by atoms with Gasteiger partial charge in [-0.15, -0.1) is 12.4 Å². The second-order valence-corrected chi connectivity index (χ2v) is 6.71. The van der Waals surface area contributed by atoms with E-state index in [2.05, 4.69) is 10.0 Å². The first-order valence-electron chi connectivity index (χ1n) is 7.39. The highest BCUT2D eigenvalue weighted by molar-refractivity contribution is 7.89. The Morgan fingerprint density at radius 1 is 1.17 bits per heavy atom. The van der Waals surface area contributed by atoms with E-state index in [1.54, 1.807) is 6.07 Å². The monoisotopic (exact) mass is 379 g/mol. The average molecular weight is 380 g/mol. The molecule has 2 rings (SSSR count). The van der Waals surface area contributed by atoms with Gasteiger partial charge < -0.3 is 20.5 Å². The van der Waals surface area contributed by atoms with Gasteiger partial charge in [-0.1, -0.05) is 0 Å². The first kappa shape index (κ1) is 20.5. The third-order valence-corrected chi connectivity index (χ3v) is 4.60. The summed E-state index contributed by atoms with van der Waals surface area (Å²) in [5.74, 6) is 0.686. The third-order valence-electron chi connectivity index (χ3n) is 3.14. The van der Waals surface area contributed by atoms with Crippen LogP contribution in [0.1, 0.15) is 12.8 Å². The number of rotatable bonds is 7. The Morgan fingerprint density at radius 3 is 2.58 bits per heavy atom. The Hall–Kier alpha value is -1.55. The molecule has 0 unspecified atom stereocenters. The molecule has 0 aliphatic carbocycles. The van der Waals surface area contributed by atoms with Gasteiger partial charge in [-0.05, 0) is 12.1 Å². The number of nitrogens with one attached hydrogen (secondary N) is 2. The van der Waals surface area contributed by atoms with Crippen LogP contribution in [-0.2, 0) is 14.8 Å². The van der Waals surface area contributed by atoms with Gasteiger partial charge in [0.05, 0.1) is 18.1 Å². The average Bonchev–Trinajstić information content (AvgIpc) is 2.77. The molecule has 0 radical (unpaired) electrons. The van der Waals surface area contributed by atoms with Crippen LogP contribution >= 0.6 is 12.4 Å². The van der Waals surface area contributed by atoms with Gasteiger partial charge in [-0.2, -0.15) is 0 Å². The van der Waals surface area contributed by atoms with Crippen molar-refractivity contribution in [2.45, 2.75) is 17.7 Å². The van der Waals surface area contributed by atoms with Crippen LogP contribution < -0.4 is 25.2 Å². The Kier molecular flexibility index (Phi) is 8.26. The van der Waals surface area contributed by atoms with Crippen LogP contribution in [0.3, 0.4) is 0 Å². The second-order valence-electron chi connectivity index (χ2n) is 4.95. The van der Waals surface area contributed by atoms with Crippen LogP contribution in [0, 0.1) is 0 Å². The number of fused-ring (bicyclic) bond motifs is 1. The summed E-state index contributed by atoms with van der Waals surface area (Å²) in [5, 5.41) is 2.57. The number of nitrogens with two attached hydrogens (primary N) is 1. The van der Waals surface area contributed by atoms with E-state index in [4.69, 9.17) is 15.2 Å². The molecular formula is C14H22ClN3O5S. The molecule has 0 bridgehead atoms. The highest BCUT2D eigenvalue weighted by atomic mass is 35.5. The lowest BCUT2D eigenvalue weighted by Gasteiger charge is -2.11. The summed E-state index contributed by atoms with van der Waals surface area (Å²) in [6, 6.07) is 4.45. The molecule has 1 aromatic rings. The fourth-order valence-electron chi connectivity index (χ4n) is 1.99. The summed E-state index contributed by atoms with van der Waals surface area (Å²) < 4.78 is 37.8. The molecule has 0 saturated carbocycles. The number of ether oxygens (including phenoxy) is 2. The van der Waals surface area contributed by atoms with E-state index >= 15 is 0 Å². The van der Waals surface area contributed by atoms with Crippen LogP contribution in [0.5, 0.6) is 11.5 Å². The van der Waals surface area contributed by atoms with E-state index in [1.807, 2.05) is 0 Å². The van der Waals surface area contributed by atoms with Crippen molar-refractivity contribution < 1.29 is 22.7 Å². The lowest BCUT2D eigenvalue weighted by molar-refractivity contribution is -0.120. The molecule has 0 aromatic heterocycles. The van der Waals surface area contributed by atoms with E-state index in [-0.39, 0.29) is 36.2 Å². The van der Waals surface area contributed by atoms with Gasteiger partial charge in [0.15, 0.2) is 11.5 Å². The minimum absolute atomic E-state index is 0. The molecule has 1 heterocycles. The molecule has 136 valence electrons. The van der Waals surface area contributed by atoms with Crippen molar-refractivity contribution in [1.29, 1.82) is 0 Å². The maximum Gasteiger partial charge on any atom is 0.240 e. The molecule has 1 aliphatic rings. The minimum atomic E-state index is -3.71. The maximum atomic E-state index is 12.2. The Balaban J connectivity index is 0.00000288. The molecule has 1 aliphatic heterocycles. The molecule has 10 heteroatoms. The minimum Gasteiger partial charge on any atom is -0.490 e. The summed E-state index contributed by atoms with van der Waals surface area (Å²) in [4.78, 5) is 11.5. The first-order valence-corrected chi connectivity index (χ1v) is 8.87. The molecule has 1 aromatic carbocycles. The quantitative estimate of drug-likeness (QED) is 0.614. The molecule has 24 heavy (non-hydrogen) atoms. The number of halogens is 1. The number of amides is 1. The number of hydrogen-bond donors (Lipinski definition) is 3. The number of sulfonamides is 1. The predicted molar refractivity (Wildman–Crippen MR) is 91.2 cm³/mol. The van der Waals surface area contributed by atoms with Crippen molar-refractivity contribution in [3.63, 3.8) is 0 Å². The normalized spacial score (nSPS) is 13.5. The number of carbonyl (C=O) groups excluding carboxylic acids is 1.